The van der Waals surface area contributed by atoms with Crippen molar-refractivity contribution in [2.75, 3.05) is 5.32 Å². The van der Waals surface area contributed by atoms with Gasteiger partial charge in [-0.15, -0.1) is 0 Å². The lowest BCUT2D eigenvalue weighted by Crippen LogP contribution is -1.96. The van der Waals surface area contributed by atoms with Crippen LogP contribution in [0.4, 0.5) is 11.4 Å². The third-order valence-corrected chi connectivity index (χ3v) is 7.02. The van der Waals surface area contributed by atoms with Crippen LogP contribution in [-0.4, -0.2) is 0 Å². The van der Waals surface area contributed by atoms with Crippen molar-refractivity contribution in [3.63, 3.8) is 0 Å². The van der Waals surface area contributed by atoms with Gasteiger partial charge in [0.1, 0.15) is 0 Å². The highest BCUT2D eigenvalue weighted by molar-refractivity contribution is 6.13. The molecular weight excluding hydrogens is 446 g/mol. The minimum absolute atomic E-state index is 0.373. The molecule has 37 heavy (non-hydrogen) atoms. The van der Waals surface area contributed by atoms with Gasteiger partial charge in [0, 0.05) is 17.3 Å². The first-order valence-electron chi connectivity index (χ1n) is 12.9. The maximum absolute atomic E-state index is 3.57. The molecule has 0 heterocycles. The largest absolute Gasteiger partial charge is 0.356 e. The van der Waals surface area contributed by atoms with E-state index in [2.05, 4.69) is 157 Å². The lowest BCUT2D eigenvalue weighted by molar-refractivity contribution is 0.863. The number of allylic oxidation sites excluding steroid dienone is 8. The van der Waals surface area contributed by atoms with E-state index >= 15 is 0 Å². The Hall–Kier alpha value is -4.62. The van der Waals surface area contributed by atoms with Crippen LogP contribution >= 0.6 is 0 Å². The van der Waals surface area contributed by atoms with E-state index in [9.17, 15) is 0 Å². The molecule has 0 aromatic heterocycles. The third-order valence-electron chi connectivity index (χ3n) is 7.02. The highest BCUT2D eigenvalue weighted by Gasteiger charge is 2.09. The Bertz CT molecular complexity index is 1650. The molecule has 0 bridgehead atoms. The van der Waals surface area contributed by atoms with Gasteiger partial charge in [0.05, 0.1) is 0 Å². The van der Waals surface area contributed by atoms with Crippen molar-refractivity contribution in [1.29, 1.82) is 0 Å². The van der Waals surface area contributed by atoms with Crippen molar-refractivity contribution in [3.05, 3.63) is 157 Å². The lowest BCUT2D eigenvalue weighted by Gasteiger charge is -2.14. The maximum atomic E-state index is 3.57. The molecule has 0 fully saturated rings. The summed E-state index contributed by atoms with van der Waals surface area (Å²) in [4.78, 5) is 0. The topological polar surface area (TPSA) is 12.0 Å². The number of benzene rings is 5. The van der Waals surface area contributed by atoms with Gasteiger partial charge in [0.25, 0.3) is 0 Å². The van der Waals surface area contributed by atoms with Crippen molar-refractivity contribution in [3.8, 4) is 11.1 Å². The monoisotopic (exact) mass is 475 g/mol. The number of fused-ring (bicyclic) bond motifs is 3. The molecule has 178 valence electrons. The van der Waals surface area contributed by atoms with Crippen LogP contribution in [0.2, 0.25) is 0 Å². The van der Waals surface area contributed by atoms with Crippen molar-refractivity contribution >= 4 is 32.9 Å². The molecule has 0 spiro atoms. The van der Waals surface area contributed by atoms with E-state index in [1.807, 2.05) is 0 Å². The molecule has 0 radical (unpaired) electrons. The quantitative estimate of drug-likeness (QED) is 0.255. The fourth-order valence-electron chi connectivity index (χ4n) is 5.09. The van der Waals surface area contributed by atoms with Crippen molar-refractivity contribution in [1.82, 2.24) is 0 Å². The molecule has 1 aliphatic rings. The molecule has 1 N–H and O–H groups in total. The smallest absolute Gasteiger partial charge is 0.0384 e. The van der Waals surface area contributed by atoms with E-state index < -0.39 is 0 Å². The van der Waals surface area contributed by atoms with Crippen LogP contribution in [0.1, 0.15) is 17.9 Å². The first-order valence-corrected chi connectivity index (χ1v) is 12.9. The fraction of sp³-hybridized carbons (Fsp3) is 0.0556. The molecule has 6 rings (SSSR count). The average Bonchev–Trinajstić information content (AvgIpc) is 2.96. The molecule has 1 nitrogen and oxygen atoms in total. The Morgan fingerprint density at radius 2 is 1.16 bits per heavy atom. The number of anilines is 2. The second kappa shape index (κ2) is 10.6. The number of hydrogen-bond donors (Lipinski definition) is 1. The lowest BCUT2D eigenvalue weighted by atomic mass is 9.93. The van der Waals surface area contributed by atoms with E-state index in [4.69, 9.17) is 0 Å². The van der Waals surface area contributed by atoms with E-state index in [1.54, 1.807) is 0 Å². The number of hydrogen-bond acceptors (Lipinski definition) is 1. The molecule has 1 atom stereocenters. The van der Waals surface area contributed by atoms with Crippen LogP contribution in [0.15, 0.2) is 152 Å². The van der Waals surface area contributed by atoms with Gasteiger partial charge in [0.2, 0.25) is 0 Å². The van der Waals surface area contributed by atoms with Crippen molar-refractivity contribution in [2.24, 2.45) is 0 Å². The molecule has 5 aromatic carbocycles. The second-order valence-corrected chi connectivity index (χ2v) is 9.44. The van der Waals surface area contributed by atoms with E-state index in [0.29, 0.717) is 5.92 Å². The van der Waals surface area contributed by atoms with E-state index in [1.165, 1.54) is 38.2 Å². The molecule has 5 aromatic rings. The highest BCUT2D eigenvalue weighted by Crippen LogP contribution is 2.35. The third kappa shape index (κ3) is 5.03. The van der Waals surface area contributed by atoms with Crippen LogP contribution in [0.25, 0.3) is 32.7 Å². The first-order chi connectivity index (χ1) is 18.3. The zero-order valence-corrected chi connectivity index (χ0v) is 20.7. The van der Waals surface area contributed by atoms with Gasteiger partial charge in [-0.1, -0.05) is 121 Å². The molecule has 1 aliphatic carbocycles. The SMILES string of the molecule is C1=C\C=C\CC(c2ccc(Nc3ccc(-c4cc5ccccc5c5ccccc45)cc3)cc2)\C=C\C=C/1. The van der Waals surface area contributed by atoms with Gasteiger partial charge < -0.3 is 5.32 Å². The zero-order valence-electron chi connectivity index (χ0n) is 20.7. The summed E-state index contributed by atoms with van der Waals surface area (Å²) in [5.41, 5.74) is 5.99. The normalized spacial score (nSPS) is 18.8. The van der Waals surface area contributed by atoms with Crippen molar-refractivity contribution < 1.29 is 0 Å². The van der Waals surface area contributed by atoms with Gasteiger partial charge in [-0.05, 0) is 75.0 Å². The summed E-state index contributed by atoms with van der Waals surface area (Å²) in [6.07, 6.45) is 18.0. The molecular formula is C36H29N. The number of nitrogens with one attached hydrogen (secondary N) is 1. The summed E-state index contributed by atoms with van der Waals surface area (Å²) in [5, 5.41) is 8.72. The van der Waals surface area contributed by atoms with Crippen LogP contribution in [0.3, 0.4) is 0 Å². The Kier molecular flexibility index (Phi) is 6.51. The Balaban J connectivity index is 1.23. The van der Waals surface area contributed by atoms with E-state index in [-0.39, 0.29) is 0 Å². The van der Waals surface area contributed by atoms with Gasteiger partial charge >= 0.3 is 0 Å². The van der Waals surface area contributed by atoms with Crippen molar-refractivity contribution in [2.45, 2.75) is 12.3 Å². The molecule has 0 amide bonds. The summed E-state index contributed by atoms with van der Waals surface area (Å²) in [6, 6.07) is 37.2. The molecule has 1 heteroatoms. The fourth-order valence-corrected chi connectivity index (χ4v) is 5.09. The molecule has 0 saturated heterocycles. The average molecular weight is 476 g/mol. The number of rotatable bonds is 4. The first kappa shape index (κ1) is 22.8. The molecule has 0 aliphatic heterocycles. The van der Waals surface area contributed by atoms with Crippen LogP contribution in [-0.2, 0) is 0 Å². The minimum Gasteiger partial charge on any atom is -0.356 e. The minimum atomic E-state index is 0.373. The molecule has 1 unspecified atom stereocenters. The Morgan fingerprint density at radius 3 is 1.95 bits per heavy atom. The summed E-state index contributed by atoms with van der Waals surface area (Å²) in [5.74, 6) is 0.373. The van der Waals surface area contributed by atoms with Gasteiger partial charge in [-0.2, -0.15) is 0 Å². The zero-order chi connectivity index (χ0) is 24.9. The van der Waals surface area contributed by atoms with Crippen LogP contribution < -0.4 is 5.32 Å². The summed E-state index contributed by atoms with van der Waals surface area (Å²) in [6.45, 7) is 0. The van der Waals surface area contributed by atoms with Gasteiger partial charge in [-0.25, -0.2) is 0 Å². The van der Waals surface area contributed by atoms with Gasteiger partial charge in [-0.3, -0.25) is 0 Å². The standard InChI is InChI=1S/C36H29N/c1-2-4-6-12-27(13-7-5-3-1)28-18-22-31(23-19-28)37-32-24-20-29(21-25-32)36-26-30-14-8-9-15-33(30)34-16-10-11-17-35(34)36/h1-12,14-27,37H,13H2/b3-1-,4-2-,7-5+,12-6+. The summed E-state index contributed by atoms with van der Waals surface area (Å²) >= 11 is 0. The molecule has 0 saturated carbocycles. The van der Waals surface area contributed by atoms with Crippen LogP contribution in [0.5, 0.6) is 0 Å². The summed E-state index contributed by atoms with van der Waals surface area (Å²) < 4.78 is 0. The second-order valence-electron chi connectivity index (χ2n) is 9.44. The predicted molar refractivity (Wildman–Crippen MR) is 161 cm³/mol. The Morgan fingerprint density at radius 1 is 0.541 bits per heavy atom. The van der Waals surface area contributed by atoms with Gasteiger partial charge in [0.15, 0.2) is 0 Å². The predicted octanol–water partition coefficient (Wildman–Crippen LogP) is 10.1. The summed E-state index contributed by atoms with van der Waals surface area (Å²) in [7, 11) is 0. The maximum Gasteiger partial charge on any atom is 0.0384 e. The van der Waals surface area contributed by atoms with Crippen LogP contribution in [0, 0.1) is 0 Å². The van der Waals surface area contributed by atoms with E-state index in [0.717, 1.165) is 17.8 Å². The Labute approximate surface area is 218 Å². The highest BCUT2D eigenvalue weighted by atomic mass is 14.9.